The largest absolute Gasteiger partial charge is 0.494 e. The first-order chi connectivity index (χ1) is 12.8. The Morgan fingerprint density at radius 2 is 1.92 bits per heavy atom. The minimum Gasteiger partial charge on any atom is -0.494 e. The molecule has 0 spiro atoms. The Morgan fingerprint density at radius 3 is 2.65 bits per heavy atom. The van der Waals surface area contributed by atoms with E-state index >= 15 is 0 Å². The maximum absolute atomic E-state index is 12.8. The SMILES string of the molecule is CCOc1ccc(-n2ccn3c(SCC4CCCC4)nnc3c2=O)cc1. The number of benzene rings is 1. The predicted molar refractivity (Wildman–Crippen MR) is 102 cm³/mol. The summed E-state index contributed by atoms with van der Waals surface area (Å²) in [4.78, 5) is 12.8. The number of hydrogen-bond acceptors (Lipinski definition) is 5. The zero-order valence-electron chi connectivity index (χ0n) is 14.8. The molecule has 4 rings (SSSR count). The molecule has 0 N–H and O–H groups in total. The standard InChI is InChI=1S/C19H22N4O2S/c1-2-25-16-9-7-15(8-10-16)22-11-12-23-17(18(22)24)20-21-19(23)26-13-14-5-3-4-6-14/h7-12,14H,2-6,13H2,1H3. The predicted octanol–water partition coefficient (Wildman–Crippen LogP) is 3.56. The normalized spacial score (nSPS) is 15.0. The summed E-state index contributed by atoms with van der Waals surface area (Å²) in [6.45, 7) is 2.56. The Labute approximate surface area is 156 Å². The fourth-order valence-electron chi connectivity index (χ4n) is 3.41. The first-order valence-corrected chi connectivity index (χ1v) is 10.1. The van der Waals surface area contributed by atoms with Gasteiger partial charge in [-0.2, -0.15) is 0 Å². The molecule has 0 saturated heterocycles. The van der Waals surface area contributed by atoms with Gasteiger partial charge in [0.15, 0.2) is 5.16 Å². The van der Waals surface area contributed by atoms with Crippen LogP contribution < -0.4 is 10.3 Å². The zero-order valence-corrected chi connectivity index (χ0v) is 15.6. The van der Waals surface area contributed by atoms with Crippen LogP contribution in [0.15, 0.2) is 46.6 Å². The van der Waals surface area contributed by atoms with Crippen LogP contribution in [0.2, 0.25) is 0 Å². The number of ether oxygens (including phenoxy) is 1. The molecule has 7 heteroatoms. The number of aromatic nitrogens is 4. The van der Waals surface area contributed by atoms with Gasteiger partial charge in [-0.25, -0.2) is 0 Å². The van der Waals surface area contributed by atoms with E-state index in [1.54, 1.807) is 26.9 Å². The number of rotatable bonds is 6. The number of thioether (sulfide) groups is 1. The van der Waals surface area contributed by atoms with Crippen LogP contribution in [0.4, 0.5) is 0 Å². The van der Waals surface area contributed by atoms with Crippen molar-refractivity contribution in [2.75, 3.05) is 12.4 Å². The van der Waals surface area contributed by atoms with E-state index < -0.39 is 0 Å². The second-order valence-electron chi connectivity index (χ2n) is 6.54. The van der Waals surface area contributed by atoms with E-state index in [1.165, 1.54) is 25.7 Å². The lowest BCUT2D eigenvalue weighted by molar-refractivity contribution is 0.340. The second-order valence-corrected chi connectivity index (χ2v) is 7.53. The minimum atomic E-state index is -0.170. The van der Waals surface area contributed by atoms with Crippen molar-refractivity contribution >= 4 is 17.4 Å². The summed E-state index contributed by atoms with van der Waals surface area (Å²) in [5.41, 5.74) is 0.969. The van der Waals surface area contributed by atoms with Gasteiger partial charge in [-0.15, -0.1) is 10.2 Å². The second kappa shape index (κ2) is 7.53. The highest BCUT2D eigenvalue weighted by Gasteiger charge is 2.18. The molecule has 0 aliphatic heterocycles. The fraction of sp³-hybridized carbons (Fsp3) is 0.421. The van der Waals surface area contributed by atoms with E-state index in [9.17, 15) is 4.79 Å². The highest BCUT2D eigenvalue weighted by Crippen LogP contribution is 2.30. The van der Waals surface area contributed by atoms with Crippen LogP contribution >= 0.6 is 11.8 Å². The van der Waals surface area contributed by atoms with Gasteiger partial charge in [0.1, 0.15) is 5.75 Å². The van der Waals surface area contributed by atoms with Crippen LogP contribution in [0.5, 0.6) is 5.75 Å². The van der Waals surface area contributed by atoms with Crippen LogP contribution in [0, 0.1) is 5.92 Å². The summed E-state index contributed by atoms with van der Waals surface area (Å²) in [6, 6.07) is 7.47. The zero-order chi connectivity index (χ0) is 17.9. The molecule has 1 saturated carbocycles. The highest BCUT2D eigenvalue weighted by atomic mass is 32.2. The monoisotopic (exact) mass is 370 g/mol. The summed E-state index contributed by atoms with van der Waals surface area (Å²) >= 11 is 1.70. The van der Waals surface area contributed by atoms with Gasteiger partial charge in [0, 0.05) is 23.8 Å². The smallest absolute Gasteiger partial charge is 0.300 e. The molecule has 1 aromatic carbocycles. The lowest BCUT2D eigenvalue weighted by Gasteiger charge is -2.09. The van der Waals surface area contributed by atoms with Crippen LogP contribution in [-0.2, 0) is 0 Å². The molecule has 26 heavy (non-hydrogen) atoms. The van der Waals surface area contributed by atoms with Crippen molar-refractivity contribution in [3.63, 3.8) is 0 Å². The van der Waals surface area contributed by atoms with Gasteiger partial charge in [0.2, 0.25) is 5.65 Å². The molecule has 0 unspecified atom stereocenters. The van der Waals surface area contributed by atoms with Gasteiger partial charge in [-0.3, -0.25) is 13.8 Å². The first-order valence-electron chi connectivity index (χ1n) is 9.08. The molecule has 0 bridgehead atoms. The maximum atomic E-state index is 12.8. The Kier molecular flexibility index (Phi) is 4.97. The molecule has 136 valence electrons. The van der Waals surface area contributed by atoms with E-state index in [4.69, 9.17) is 4.74 Å². The molecule has 0 atom stereocenters. The molecule has 1 aliphatic carbocycles. The van der Waals surface area contributed by atoms with Crippen molar-refractivity contribution in [3.8, 4) is 11.4 Å². The van der Waals surface area contributed by atoms with E-state index in [0.717, 1.165) is 28.3 Å². The topological polar surface area (TPSA) is 61.4 Å². The molecule has 0 amide bonds. The maximum Gasteiger partial charge on any atom is 0.300 e. The van der Waals surface area contributed by atoms with Gasteiger partial charge in [0.05, 0.1) is 6.61 Å². The van der Waals surface area contributed by atoms with Crippen molar-refractivity contribution in [1.82, 2.24) is 19.2 Å². The summed E-state index contributed by atoms with van der Waals surface area (Å²) in [7, 11) is 0. The third kappa shape index (κ3) is 3.35. The average molecular weight is 370 g/mol. The molecule has 0 radical (unpaired) electrons. The first kappa shape index (κ1) is 17.1. The number of nitrogens with zero attached hydrogens (tertiary/aromatic N) is 4. The highest BCUT2D eigenvalue weighted by molar-refractivity contribution is 7.99. The molecule has 2 aromatic heterocycles. The third-order valence-corrected chi connectivity index (χ3v) is 5.96. The molecule has 6 nitrogen and oxygen atoms in total. The van der Waals surface area contributed by atoms with Gasteiger partial charge >= 0.3 is 5.56 Å². The summed E-state index contributed by atoms with van der Waals surface area (Å²) < 4.78 is 8.84. The lowest BCUT2D eigenvalue weighted by atomic mass is 10.1. The molecular formula is C19H22N4O2S. The van der Waals surface area contributed by atoms with Crippen LogP contribution in [0.3, 0.4) is 0 Å². The number of hydrogen-bond donors (Lipinski definition) is 0. The molecule has 1 aliphatic rings. The minimum absolute atomic E-state index is 0.170. The van der Waals surface area contributed by atoms with Gasteiger partial charge < -0.3 is 4.74 Å². The van der Waals surface area contributed by atoms with Crippen LogP contribution in [0.1, 0.15) is 32.6 Å². The van der Waals surface area contributed by atoms with Gasteiger partial charge in [-0.05, 0) is 49.9 Å². The van der Waals surface area contributed by atoms with Crippen molar-refractivity contribution in [2.24, 2.45) is 5.92 Å². The quantitative estimate of drug-likeness (QED) is 0.621. The molecule has 2 heterocycles. The molecule has 1 fully saturated rings. The van der Waals surface area contributed by atoms with Gasteiger partial charge in [-0.1, -0.05) is 24.6 Å². The Hall–Kier alpha value is -2.28. The molecule has 3 aromatic rings. The van der Waals surface area contributed by atoms with Crippen molar-refractivity contribution in [1.29, 1.82) is 0 Å². The van der Waals surface area contributed by atoms with Crippen LogP contribution in [-0.4, -0.2) is 31.5 Å². The Morgan fingerprint density at radius 1 is 1.15 bits per heavy atom. The van der Waals surface area contributed by atoms with Crippen molar-refractivity contribution < 1.29 is 4.74 Å². The van der Waals surface area contributed by atoms with E-state index in [0.29, 0.717) is 12.3 Å². The Balaban J connectivity index is 1.60. The summed E-state index contributed by atoms with van der Waals surface area (Å²) in [5, 5.41) is 9.16. The van der Waals surface area contributed by atoms with Crippen molar-refractivity contribution in [2.45, 2.75) is 37.8 Å². The lowest BCUT2D eigenvalue weighted by Crippen LogP contribution is -2.20. The fourth-order valence-corrected chi connectivity index (χ4v) is 4.51. The number of fused-ring (bicyclic) bond motifs is 1. The van der Waals surface area contributed by atoms with Crippen molar-refractivity contribution in [3.05, 3.63) is 47.0 Å². The van der Waals surface area contributed by atoms with E-state index in [2.05, 4.69) is 10.2 Å². The third-order valence-electron chi connectivity index (χ3n) is 4.79. The van der Waals surface area contributed by atoms with Crippen LogP contribution in [0.25, 0.3) is 11.3 Å². The Bertz CT molecular complexity index is 942. The van der Waals surface area contributed by atoms with E-state index in [-0.39, 0.29) is 5.56 Å². The molecular weight excluding hydrogens is 348 g/mol. The van der Waals surface area contributed by atoms with Gasteiger partial charge in [0.25, 0.3) is 0 Å². The summed E-state index contributed by atoms with van der Waals surface area (Å²) in [6.07, 6.45) is 8.90. The van der Waals surface area contributed by atoms with E-state index in [1.807, 2.05) is 37.4 Å². The summed E-state index contributed by atoms with van der Waals surface area (Å²) in [5.74, 6) is 2.60. The average Bonchev–Trinajstić information content (AvgIpc) is 3.31.